The molecule has 7 nitrogen and oxygen atoms in total. The number of carbonyl (C=O) groups excluding carboxylic acids is 4. The van der Waals surface area contributed by atoms with E-state index in [2.05, 4.69) is 10.6 Å². The van der Waals surface area contributed by atoms with E-state index in [0.29, 0.717) is 34.5 Å². The summed E-state index contributed by atoms with van der Waals surface area (Å²) in [4.78, 5) is 51.3. The fraction of sp³-hybridized carbons (Fsp3) is 0.154. The Morgan fingerprint density at radius 2 is 1.48 bits per heavy atom. The van der Waals surface area contributed by atoms with Crippen LogP contribution in [0.15, 0.2) is 72.8 Å². The van der Waals surface area contributed by atoms with E-state index in [1.54, 1.807) is 54.6 Å². The average Bonchev–Trinajstić information content (AvgIpc) is 3.04. The molecule has 0 unspecified atom stereocenters. The number of aryl methyl sites for hydroxylation is 1. The van der Waals surface area contributed by atoms with E-state index in [1.165, 1.54) is 4.90 Å². The van der Waals surface area contributed by atoms with Gasteiger partial charge in [-0.05, 0) is 55.3 Å². The number of benzene rings is 3. The quantitative estimate of drug-likeness (QED) is 0.536. The van der Waals surface area contributed by atoms with Crippen LogP contribution in [0.5, 0.6) is 0 Å². The average molecular weight is 441 g/mol. The summed E-state index contributed by atoms with van der Waals surface area (Å²) < 4.78 is 0. The first kappa shape index (κ1) is 22.0. The summed E-state index contributed by atoms with van der Waals surface area (Å²) in [6.07, 6.45) is 0.413. The molecule has 1 aliphatic heterocycles. The second-order valence-corrected chi connectivity index (χ2v) is 7.83. The van der Waals surface area contributed by atoms with Gasteiger partial charge < -0.3 is 10.6 Å². The van der Waals surface area contributed by atoms with Crippen LogP contribution in [0.25, 0.3) is 0 Å². The topological polar surface area (TPSA) is 95.6 Å². The second kappa shape index (κ2) is 9.48. The Bertz CT molecular complexity index is 1220. The molecule has 1 heterocycles. The molecule has 166 valence electrons. The van der Waals surface area contributed by atoms with Crippen molar-refractivity contribution >= 4 is 35.0 Å². The third kappa shape index (κ3) is 4.82. The van der Waals surface area contributed by atoms with Crippen molar-refractivity contribution < 1.29 is 19.2 Å². The SMILES string of the molecule is Cc1cccc(NC(=O)c2ccccc2NC(=O)CCCN2C(=O)c3ccccc3C2=O)c1. The molecule has 7 heteroatoms. The fourth-order valence-corrected chi connectivity index (χ4v) is 3.76. The lowest BCUT2D eigenvalue weighted by Gasteiger charge is -2.14. The molecule has 0 spiro atoms. The van der Waals surface area contributed by atoms with Crippen molar-refractivity contribution in [2.24, 2.45) is 0 Å². The summed E-state index contributed by atoms with van der Waals surface area (Å²) in [5, 5.41) is 5.60. The number of nitrogens with zero attached hydrogens (tertiary/aromatic N) is 1. The number of para-hydroxylation sites is 1. The zero-order valence-electron chi connectivity index (χ0n) is 18.1. The maximum atomic E-state index is 12.8. The van der Waals surface area contributed by atoms with Crippen molar-refractivity contribution in [2.45, 2.75) is 19.8 Å². The lowest BCUT2D eigenvalue weighted by Crippen LogP contribution is -2.31. The predicted molar refractivity (Wildman–Crippen MR) is 125 cm³/mol. The minimum absolute atomic E-state index is 0.0985. The third-order valence-electron chi connectivity index (χ3n) is 5.39. The van der Waals surface area contributed by atoms with Crippen LogP contribution in [-0.4, -0.2) is 35.1 Å². The number of anilines is 2. The zero-order chi connectivity index (χ0) is 23.4. The van der Waals surface area contributed by atoms with Gasteiger partial charge in [0.05, 0.1) is 22.4 Å². The Morgan fingerprint density at radius 3 is 2.18 bits per heavy atom. The molecule has 0 aliphatic carbocycles. The molecule has 0 bridgehead atoms. The molecule has 0 aromatic heterocycles. The summed E-state index contributed by atoms with van der Waals surface area (Å²) >= 11 is 0. The Morgan fingerprint density at radius 1 is 0.818 bits per heavy atom. The van der Waals surface area contributed by atoms with Crippen molar-refractivity contribution in [1.82, 2.24) is 4.90 Å². The Labute approximate surface area is 191 Å². The van der Waals surface area contributed by atoms with Gasteiger partial charge in [-0.3, -0.25) is 24.1 Å². The summed E-state index contributed by atoms with van der Waals surface area (Å²) in [7, 11) is 0. The highest BCUT2D eigenvalue weighted by Gasteiger charge is 2.34. The summed E-state index contributed by atoms with van der Waals surface area (Å²) in [6, 6.07) is 20.9. The number of hydrogen-bond donors (Lipinski definition) is 2. The van der Waals surface area contributed by atoms with Gasteiger partial charge in [0, 0.05) is 18.7 Å². The normalized spacial score (nSPS) is 12.5. The van der Waals surface area contributed by atoms with Crippen LogP contribution < -0.4 is 10.6 Å². The van der Waals surface area contributed by atoms with Gasteiger partial charge in [-0.25, -0.2) is 0 Å². The van der Waals surface area contributed by atoms with Crippen molar-refractivity contribution in [2.75, 3.05) is 17.2 Å². The zero-order valence-corrected chi connectivity index (χ0v) is 18.1. The number of hydrogen-bond acceptors (Lipinski definition) is 4. The maximum absolute atomic E-state index is 12.8. The van der Waals surface area contributed by atoms with Crippen molar-refractivity contribution in [3.8, 4) is 0 Å². The summed E-state index contributed by atoms with van der Waals surface area (Å²) in [6.45, 7) is 2.08. The van der Waals surface area contributed by atoms with Crippen LogP contribution in [0.3, 0.4) is 0 Å². The van der Waals surface area contributed by atoms with Crippen LogP contribution in [0.4, 0.5) is 11.4 Å². The first-order valence-electron chi connectivity index (χ1n) is 10.7. The highest BCUT2D eigenvalue weighted by atomic mass is 16.2. The Hall–Kier alpha value is -4.26. The van der Waals surface area contributed by atoms with Gasteiger partial charge in [0.1, 0.15) is 0 Å². The standard InChI is InChI=1S/C26H23N3O4/c1-17-8-6-9-18(16-17)27-24(31)21-12-4-5-13-22(21)28-23(30)14-7-15-29-25(32)19-10-2-3-11-20(19)26(29)33/h2-6,8-13,16H,7,14-15H2,1H3,(H,27,31)(H,28,30). The van der Waals surface area contributed by atoms with Crippen LogP contribution in [0.1, 0.15) is 49.5 Å². The highest BCUT2D eigenvalue weighted by Crippen LogP contribution is 2.23. The number of rotatable bonds is 7. The number of fused-ring (bicyclic) bond motifs is 1. The second-order valence-electron chi connectivity index (χ2n) is 7.83. The first-order chi connectivity index (χ1) is 15.9. The van der Waals surface area contributed by atoms with Gasteiger partial charge in [0.15, 0.2) is 0 Å². The molecule has 0 saturated carbocycles. The molecule has 0 saturated heterocycles. The molecule has 0 fully saturated rings. The van der Waals surface area contributed by atoms with E-state index in [1.807, 2.05) is 25.1 Å². The first-order valence-corrected chi connectivity index (χ1v) is 10.7. The smallest absolute Gasteiger partial charge is 0.261 e. The van der Waals surface area contributed by atoms with Gasteiger partial charge in [0.2, 0.25) is 5.91 Å². The van der Waals surface area contributed by atoms with Crippen molar-refractivity contribution in [3.05, 3.63) is 95.1 Å². The lowest BCUT2D eigenvalue weighted by molar-refractivity contribution is -0.116. The third-order valence-corrected chi connectivity index (χ3v) is 5.39. The van der Waals surface area contributed by atoms with Crippen LogP contribution >= 0.6 is 0 Å². The van der Waals surface area contributed by atoms with Crippen LogP contribution in [0.2, 0.25) is 0 Å². The van der Waals surface area contributed by atoms with E-state index < -0.39 is 0 Å². The van der Waals surface area contributed by atoms with E-state index in [0.717, 1.165) is 5.56 Å². The Kier molecular flexibility index (Phi) is 6.31. The number of carbonyl (C=O) groups is 4. The van der Waals surface area contributed by atoms with E-state index in [-0.39, 0.29) is 36.6 Å². The summed E-state index contributed by atoms with van der Waals surface area (Å²) in [5.41, 5.74) is 3.21. The summed E-state index contributed by atoms with van der Waals surface area (Å²) in [5.74, 6) is -1.31. The number of imide groups is 1. The van der Waals surface area contributed by atoms with E-state index in [9.17, 15) is 19.2 Å². The maximum Gasteiger partial charge on any atom is 0.261 e. The molecule has 0 atom stereocenters. The minimum atomic E-state index is -0.339. The van der Waals surface area contributed by atoms with Gasteiger partial charge in [-0.1, -0.05) is 36.4 Å². The van der Waals surface area contributed by atoms with E-state index in [4.69, 9.17) is 0 Å². The number of amides is 4. The van der Waals surface area contributed by atoms with Gasteiger partial charge in [-0.15, -0.1) is 0 Å². The largest absolute Gasteiger partial charge is 0.325 e. The van der Waals surface area contributed by atoms with E-state index >= 15 is 0 Å². The fourth-order valence-electron chi connectivity index (χ4n) is 3.76. The molecule has 0 radical (unpaired) electrons. The molecule has 1 aliphatic rings. The van der Waals surface area contributed by atoms with Gasteiger partial charge >= 0.3 is 0 Å². The highest BCUT2D eigenvalue weighted by molar-refractivity contribution is 6.21. The molecular weight excluding hydrogens is 418 g/mol. The predicted octanol–water partition coefficient (Wildman–Crippen LogP) is 4.26. The number of nitrogens with one attached hydrogen (secondary N) is 2. The molecule has 4 rings (SSSR count). The molecule has 2 N–H and O–H groups in total. The lowest BCUT2D eigenvalue weighted by atomic mass is 10.1. The van der Waals surface area contributed by atoms with Crippen molar-refractivity contribution in [1.29, 1.82) is 0 Å². The Balaban J connectivity index is 1.34. The molecule has 3 aromatic rings. The molecule has 4 amide bonds. The van der Waals surface area contributed by atoms with Crippen molar-refractivity contribution in [3.63, 3.8) is 0 Å². The molecular formula is C26H23N3O4. The van der Waals surface area contributed by atoms with Crippen LogP contribution in [0, 0.1) is 6.92 Å². The minimum Gasteiger partial charge on any atom is -0.325 e. The molecule has 33 heavy (non-hydrogen) atoms. The monoisotopic (exact) mass is 441 g/mol. The van der Waals surface area contributed by atoms with Gasteiger partial charge in [0.25, 0.3) is 17.7 Å². The van der Waals surface area contributed by atoms with Crippen LogP contribution in [-0.2, 0) is 4.79 Å². The van der Waals surface area contributed by atoms with Gasteiger partial charge in [-0.2, -0.15) is 0 Å². The molecule has 3 aromatic carbocycles.